The molecule has 1 rings (SSSR count). The van der Waals surface area contributed by atoms with Crippen LogP contribution in [0.5, 0.6) is 0 Å². The second kappa shape index (κ2) is 5.42. The van der Waals surface area contributed by atoms with E-state index in [1.165, 1.54) is 0 Å². The van der Waals surface area contributed by atoms with Crippen molar-refractivity contribution in [1.29, 1.82) is 0 Å². The Morgan fingerprint density at radius 3 is 3.00 bits per heavy atom. The maximum atomic E-state index is 11.1. The fourth-order valence-corrected chi connectivity index (χ4v) is 1.13. The first-order chi connectivity index (χ1) is 6.76. The van der Waals surface area contributed by atoms with Gasteiger partial charge in [0.2, 0.25) is 5.89 Å². The van der Waals surface area contributed by atoms with E-state index in [-0.39, 0.29) is 12.4 Å². The number of hydrogen-bond donors (Lipinski definition) is 0. The van der Waals surface area contributed by atoms with Crippen molar-refractivity contribution in [3.05, 3.63) is 17.8 Å². The second-order valence-corrected chi connectivity index (χ2v) is 2.95. The number of carbonyl (C=O) groups is 1. The van der Waals surface area contributed by atoms with Crippen LogP contribution in [0.2, 0.25) is 0 Å². The van der Waals surface area contributed by atoms with Gasteiger partial charge in [-0.3, -0.25) is 4.79 Å². The smallest absolute Gasteiger partial charge is 0.315 e. The van der Waals surface area contributed by atoms with Gasteiger partial charge < -0.3 is 9.15 Å². The van der Waals surface area contributed by atoms with Crippen molar-refractivity contribution in [3.8, 4) is 0 Å². The summed E-state index contributed by atoms with van der Waals surface area (Å²) < 4.78 is 10.1. The number of hydrogen-bond acceptors (Lipinski definition) is 4. The van der Waals surface area contributed by atoms with E-state index in [1.54, 1.807) is 13.1 Å². The summed E-state index contributed by atoms with van der Waals surface area (Å²) in [5.74, 6) is 0.969. The molecule has 0 atom stereocenters. The largest absolute Gasteiger partial charge is 0.466 e. The first-order valence-electron chi connectivity index (χ1n) is 4.85. The van der Waals surface area contributed by atoms with E-state index in [1.807, 2.05) is 0 Å². The van der Waals surface area contributed by atoms with E-state index in [2.05, 4.69) is 11.9 Å². The highest BCUT2D eigenvalue weighted by Gasteiger charge is 2.09. The minimum Gasteiger partial charge on any atom is -0.466 e. The summed E-state index contributed by atoms with van der Waals surface area (Å²) >= 11 is 0. The molecule has 1 heterocycles. The minimum atomic E-state index is -0.294. The van der Waals surface area contributed by atoms with Crippen LogP contribution in [0.1, 0.15) is 31.9 Å². The van der Waals surface area contributed by atoms with Crippen molar-refractivity contribution >= 4 is 5.97 Å². The van der Waals surface area contributed by atoms with E-state index in [0.29, 0.717) is 12.5 Å². The average Bonchev–Trinajstić information content (AvgIpc) is 2.53. The van der Waals surface area contributed by atoms with Crippen molar-refractivity contribution in [1.82, 2.24) is 4.98 Å². The SMILES string of the molecule is CCCc1cnc(CC(=O)OCC)o1. The molecule has 0 fully saturated rings. The van der Waals surface area contributed by atoms with Crippen LogP contribution in [0.3, 0.4) is 0 Å². The molecule has 0 spiro atoms. The van der Waals surface area contributed by atoms with Crippen LogP contribution >= 0.6 is 0 Å². The van der Waals surface area contributed by atoms with Gasteiger partial charge in [0.05, 0.1) is 12.8 Å². The van der Waals surface area contributed by atoms with Gasteiger partial charge in [-0.05, 0) is 13.3 Å². The lowest BCUT2D eigenvalue weighted by Crippen LogP contribution is -2.07. The van der Waals surface area contributed by atoms with Gasteiger partial charge in [-0.15, -0.1) is 0 Å². The van der Waals surface area contributed by atoms with Gasteiger partial charge in [0.1, 0.15) is 12.2 Å². The zero-order valence-electron chi connectivity index (χ0n) is 8.58. The molecule has 78 valence electrons. The number of carbonyl (C=O) groups excluding carboxylic acids is 1. The molecule has 0 saturated heterocycles. The van der Waals surface area contributed by atoms with Crippen molar-refractivity contribution in [3.63, 3.8) is 0 Å². The Balaban J connectivity index is 2.46. The van der Waals surface area contributed by atoms with Gasteiger partial charge >= 0.3 is 5.97 Å². The van der Waals surface area contributed by atoms with Crippen LogP contribution in [0, 0.1) is 0 Å². The molecule has 0 amide bonds. The Morgan fingerprint density at radius 2 is 2.36 bits per heavy atom. The lowest BCUT2D eigenvalue weighted by Gasteiger charge is -1.97. The van der Waals surface area contributed by atoms with Crippen molar-refractivity contribution in [2.75, 3.05) is 6.61 Å². The van der Waals surface area contributed by atoms with E-state index in [0.717, 1.165) is 18.6 Å². The number of oxazole rings is 1. The normalized spacial score (nSPS) is 10.1. The van der Waals surface area contributed by atoms with Crippen LogP contribution < -0.4 is 0 Å². The van der Waals surface area contributed by atoms with Crippen LogP contribution in [0.4, 0.5) is 0 Å². The highest BCUT2D eigenvalue weighted by Crippen LogP contribution is 2.07. The van der Waals surface area contributed by atoms with Crippen LogP contribution in [-0.4, -0.2) is 17.6 Å². The van der Waals surface area contributed by atoms with Crippen molar-refractivity contribution < 1.29 is 13.9 Å². The first-order valence-corrected chi connectivity index (χ1v) is 4.85. The number of rotatable bonds is 5. The molecule has 0 bridgehead atoms. The maximum Gasteiger partial charge on any atom is 0.315 e. The molecule has 1 aromatic rings. The number of aryl methyl sites for hydroxylation is 1. The molecule has 1 aromatic heterocycles. The van der Waals surface area contributed by atoms with E-state index in [4.69, 9.17) is 9.15 Å². The first kappa shape index (κ1) is 10.8. The van der Waals surface area contributed by atoms with Gasteiger partial charge in [0.25, 0.3) is 0 Å². The Bertz CT molecular complexity index is 293. The van der Waals surface area contributed by atoms with E-state index in [9.17, 15) is 4.79 Å². The third-order valence-electron chi connectivity index (χ3n) is 1.70. The number of aromatic nitrogens is 1. The summed E-state index contributed by atoms with van der Waals surface area (Å²) in [7, 11) is 0. The molecule has 0 aliphatic carbocycles. The third-order valence-corrected chi connectivity index (χ3v) is 1.70. The topological polar surface area (TPSA) is 52.3 Å². The lowest BCUT2D eigenvalue weighted by atomic mass is 10.3. The molecule has 0 unspecified atom stereocenters. The molecule has 0 saturated carbocycles. The molecule has 0 aliphatic rings. The predicted molar refractivity (Wildman–Crippen MR) is 50.8 cm³/mol. The molecule has 0 radical (unpaired) electrons. The highest BCUT2D eigenvalue weighted by atomic mass is 16.5. The Labute approximate surface area is 83.3 Å². The monoisotopic (exact) mass is 197 g/mol. The standard InChI is InChI=1S/C10H15NO3/c1-3-5-8-7-11-9(14-8)6-10(12)13-4-2/h7H,3-6H2,1-2H3. The summed E-state index contributed by atoms with van der Waals surface area (Å²) in [6, 6.07) is 0. The number of esters is 1. The van der Waals surface area contributed by atoms with Gasteiger partial charge in [-0.1, -0.05) is 6.92 Å². The van der Waals surface area contributed by atoms with Gasteiger partial charge in [-0.2, -0.15) is 0 Å². The van der Waals surface area contributed by atoms with Crippen LogP contribution in [0.25, 0.3) is 0 Å². The summed E-state index contributed by atoms with van der Waals surface area (Å²) in [4.78, 5) is 15.0. The zero-order chi connectivity index (χ0) is 10.4. The van der Waals surface area contributed by atoms with Crippen LogP contribution in [0.15, 0.2) is 10.6 Å². The van der Waals surface area contributed by atoms with Crippen molar-refractivity contribution in [2.24, 2.45) is 0 Å². The summed E-state index contributed by atoms with van der Waals surface area (Å²) in [6.45, 7) is 4.23. The predicted octanol–water partition coefficient (Wildman–Crippen LogP) is 1.73. The number of nitrogens with zero attached hydrogens (tertiary/aromatic N) is 1. The number of ether oxygens (including phenoxy) is 1. The fraction of sp³-hybridized carbons (Fsp3) is 0.600. The maximum absolute atomic E-state index is 11.1. The molecular weight excluding hydrogens is 182 g/mol. The highest BCUT2D eigenvalue weighted by molar-refractivity contribution is 5.71. The molecule has 4 nitrogen and oxygen atoms in total. The van der Waals surface area contributed by atoms with Gasteiger partial charge in [0.15, 0.2) is 0 Å². The summed E-state index contributed by atoms with van der Waals surface area (Å²) in [5.41, 5.74) is 0. The molecular formula is C10H15NO3. The van der Waals surface area contributed by atoms with Gasteiger partial charge in [-0.25, -0.2) is 4.98 Å². The molecule has 0 aromatic carbocycles. The fourth-order valence-electron chi connectivity index (χ4n) is 1.13. The van der Waals surface area contributed by atoms with E-state index >= 15 is 0 Å². The third kappa shape index (κ3) is 3.20. The summed E-state index contributed by atoms with van der Waals surface area (Å²) in [5, 5.41) is 0. The quantitative estimate of drug-likeness (QED) is 0.674. The molecule has 14 heavy (non-hydrogen) atoms. The van der Waals surface area contributed by atoms with Crippen LogP contribution in [-0.2, 0) is 22.4 Å². The van der Waals surface area contributed by atoms with E-state index < -0.39 is 0 Å². The molecule has 4 heteroatoms. The zero-order valence-corrected chi connectivity index (χ0v) is 8.58. The average molecular weight is 197 g/mol. The second-order valence-electron chi connectivity index (χ2n) is 2.95. The van der Waals surface area contributed by atoms with Gasteiger partial charge in [0, 0.05) is 6.42 Å². The molecule has 0 aliphatic heterocycles. The Kier molecular flexibility index (Phi) is 4.16. The lowest BCUT2D eigenvalue weighted by molar-refractivity contribution is -0.142. The van der Waals surface area contributed by atoms with Crippen molar-refractivity contribution in [2.45, 2.75) is 33.1 Å². The summed E-state index contributed by atoms with van der Waals surface area (Å²) in [6.07, 6.45) is 3.65. The molecule has 0 N–H and O–H groups in total. The Hall–Kier alpha value is -1.32. The minimum absolute atomic E-state index is 0.123. The Morgan fingerprint density at radius 1 is 1.57 bits per heavy atom.